The molecule has 0 saturated carbocycles. The molecular formula is C9H8ClN3. The van der Waals surface area contributed by atoms with E-state index in [0.29, 0.717) is 5.03 Å². The number of fused-ring (bicyclic) bond motifs is 1. The van der Waals surface area contributed by atoms with Gasteiger partial charge in [0, 0.05) is 11.2 Å². The minimum absolute atomic E-state index is 0.677. The number of rotatable bonds is 1. The zero-order valence-corrected chi connectivity index (χ0v) is 7.86. The number of hydrogen-bond donors (Lipinski definition) is 0. The van der Waals surface area contributed by atoms with Gasteiger partial charge in [-0.3, -0.25) is 0 Å². The van der Waals surface area contributed by atoms with Gasteiger partial charge in [0.15, 0.2) is 0 Å². The molecule has 0 radical (unpaired) electrons. The van der Waals surface area contributed by atoms with Crippen LogP contribution in [0, 0.1) is 0 Å². The fraction of sp³-hybridized carbons (Fsp3) is 0.111. The summed E-state index contributed by atoms with van der Waals surface area (Å²) >= 11 is 5.74. The minimum Gasteiger partial charge on any atom is -0.219 e. The van der Waals surface area contributed by atoms with Crippen molar-refractivity contribution in [1.29, 1.82) is 0 Å². The second kappa shape index (κ2) is 3.18. The van der Waals surface area contributed by atoms with Crippen LogP contribution in [0.1, 0.15) is 6.92 Å². The van der Waals surface area contributed by atoms with Crippen molar-refractivity contribution >= 4 is 28.8 Å². The average Bonchev–Trinajstić information content (AvgIpc) is 2.48. The van der Waals surface area contributed by atoms with Gasteiger partial charge >= 0.3 is 0 Å². The van der Waals surface area contributed by atoms with Gasteiger partial charge in [-0.15, -0.1) is 5.10 Å². The molecule has 1 aromatic carbocycles. The van der Waals surface area contributed by atoms with Gasteiger partial charge in [-0.05, 0) is 19.1 Å². The summed E-state index contributed by atoms with van der Waals surface area (Å²) in [5.41, 5.74) is 1.83. The molecule has 0 atom stereocenters. The first-order valence-corrected chi connectivity index (χ1v) is 4.29. The standard InChI is InChI=1S/C9H8ClN3/c1-7(10)6-13-9-5-3-2-4-8(9)11-12-13/h2-6H,1H3/b7-6-. The molecule has 4 heteroatoms. The van der Waals surface area contributed by atoms with Gasteiger partial charge in [0.1, 0.15) is 5.52 Å². The monoisotopic (exact) mass is 193 g/mol. The summed E-state index contributed by atoms with van der Waals surface area (Å²) in [7, 11) is 0. The molecule has 0 fully saturated rings. The van der Waals surface area contributed by atoms with Gasteiger partial charge in [-0.2, -0.15) is 0 Å². The van der Waals surface area contributed by atoms with Gasteiger partial charge in [0.2, 0.25) is 0 Å². The molecule has 0 saturated heterocycles. The lowest BCUT2D eigenvalue weighted by atomic mass is 10.3. The van der Waals surface area contributed by atoms with E-state index in [2.05, 4.69) is 10.3 Å². The molecule has 3 nitrogen and oxygen atoms in total. The smallest absolute Gasteiger partial charge is 0.113 e. The van der Waals surface area contributed by atoms with E-state index in [1.54, 1.807) is 17.8 Å². The number of nitrogens with zero attached hydrogens (tertiary/aromatic N) is 3. The molecule has 0 aliphatic carbocycles. The van der Waals surface area contributed by atoms with Crippen LogP contribution in [-0.4, -0.2) is 15.0 Å². The lowest BCUT2D eigenvalue weighted by Gasteiger charge is -1.92. The average molecular weight is 194 g/mol. The Kier molecular flexibility index (Phi) is 2.02. The second-order valence-corrected chi connectivity index (χ2v) is 3.33. The molecule has 0 unspecified atom stereocenters. The van der Waals surface area contributed by atoms with E-state index < -0.39 is 0 Å². The second-order valence-electron chi connectivity index (χ2n) is 2.74. The summed E-state index contributed by atoms with van der Waals surface area (Å²) in [5, 5.41) is 8.60. The van der Waals surface area contributed by atoms with Crippen molar-refractivity contribution in [2.24, 2.45) is 0 Å². The van der Waals surface area contributed by atoms with Crippen LogP contribution >= 0.6 is 11.6 Å². The van der Waals surface area contributed by atoms with Crippen LogP contribution in [0.25, 0.3) is 17.2 Å². The summed E-state index contributed by atoms with van der Waals surface area (Å²) in [4.78, 5) is 0. The minimum atomic E-state index is 0.677. The third kappa shape index (κ3) is 1.55. The number of hydrogen-bond acceptors (Lipinski definition) is 2. The first-order valence-electron chi connectivity index (χ1n) is 3.91. The molecule has 0 spiro atoms. The fourth-order valence-electron chi connectivity index (χ4n) is 1.15. The topological polar surface area (TPSA) is 30.7 Å². The van der Waals surface area contributed by atoms with Crippen molar-refractivity contribution in [2.45, 2.75) is 6.92 Å². The lowest BCUT2D eigenvalue weighted by molar-refractivity contribution is 0.859. The Morgan fingerprint density at radius 3 is 3.00 bits per heavy atom. The Bertz CT molecular complexity index is 455. The van der Waals surface area contributed by atoms with E-state index in [4.69, 9.17) is 11.6 Å². The van der Waals surface area contributed by atoms with Crippen LogP contribution in [0.2, 0.25) is 0 Å². The van der Waals surface area contributed by atoms with E-state index in [1.807, 2.05) is 24.3 Å². The van der Waals surface area contributed by atoms with Gasteiger partial charge in [-0.1, -0.05) is 28.9 Å². The van der Waals surface area contributed by atoms with Crippen molar-refractivity contribution in [1.82, 2.24) is 15.0 Å². The number of para-hydroxylation sites is 1. The number of aromatic nitrogens is 3. The fourth-order valence-corrected chi connectivity index (χ4v) is 1.24. The summed E-state index contributed by atoms with van der Waals surface area (Å²) in [6.07, 6.45) is 1.73. The van der Waals surface area contributed by atoms with Crippen molar-refractivity contribution in [3.63, 3.8) is 0 Å². The van der Waals surface area contributed by atoms with Crippen LogP contribution in [-0.2, 0) is 0 Å². The first-order chi connectivity index (χ1) is 6.27. The Labute approximate surface area is 80.6 Å². The van der Waals surface area contributed by atoms with Crippen molar-refractivity contribution in [2.75, 3.05) is 0 Å². The maximum atomic E-state index is 5.74. The molecule has 13 heavy (non-hydrogen) atoms. The predicted octanol–water partition coefficient (Wildman–Crippen LogP) is 2.49. The van der Waals surface area contributed by atoms with E-state index >= 15 is 0 Å². The van der Waals surface area contributed by atoms with Gasteiger partial charge in [0.25, 0.3) is 0 Å². The van der Waals surface area contributed by atoms with E-state index in [1.165, 1.54) is 0 Å². The molecule has 1 aromatic heterocycles. The molecule has 2 rings (SSSR count). The van der Waals surface area contributed by atoms with E-state index in [-0.39, 0.29) is 0 Å². The van der Waals surface area contributed by atoms with Gasteiger partial charge in [-0.25, -0.2) is 4.68 Å². The summed E-state index contributed by atoms with van der Waals surface area (Å²) < 4.78 is 1.66. The number of benzene rings is 1. The van der Waals surface area contributed by atoms with Gasteiger partial charge in [0.05, 0.1) is 5.52 Å². The highest BCUT2D eigenvalue weighted by atomic mass is 35.5. The van der Waals surface area contributed by atoms with Crippen LogP contribution in [0.4, 0.5) is 0 Å². The highest BCUT2D eigenvalue weighted by Gasteiger charge is 1.99. The number of halogens is 1. The molecule has 66 valence electrons. The third-order valence-corrected chi connectivity index (χ3v) is 1.78. The Balaban J connectivity index is 2.65. The van der Waals surface area contributed by atoms with Crippen LogP contribution in [0.3, 0.4) is 0 Å². The Morgan fingerprint density at radius 1 is 1.46 bits per heavy atom. The third-order valence-electron chi connectivity index (χ3n) is 1.68. The number of allylic oxidation sites excluding steroid dienone is 1. The quantitative estimate of drug-likeness (QED) is 0.697. The van der Waals surface area contributed by atoms with Crippen LogP contribution in [0.15, 0.2) is 29.3 Å². The maximum Gasteiger partial charge on any atom is 0.113 e. The molecule has 0 aliphatic rings. The van der Waals surface area contributed by atoms with Gasteiger partial charge < -0.3 is 0 Å². The molecule has 2 aromatic rings. The Morgan fingerprint density at radius 2 is 2.23 bits per heavy atom. The predicted molar refractivity (Wildman–Crippen MR) is 53.3 cm³/mol. The highest BCUT2D eigenvalue weighted by Crippen LogP contribution is 2.11. The normalized spacial score (nSPS) is 12.3. The van der Waals surface area contributed by atoms with E-state index in [0.717, 1.165) is 11.0 Å². The van der Waals surface area contributed by atoms with Crippen LogP contribution in [0.5, 0.6) is 0 Å². The maximum absolute atomic E-state index is 5.74. The largest absolute Gasteiger partial charge is 0.219 e. The summed E-state index contributed by atoms with van der Waals surface area (Å²) in [5.74, 6) is 0. The molecule has 0 N–H and O–H groups in total. The van der Waals surface area contributed by atoms with E-state index in [9.17, 15) is 0 Å². The molecule has 0 bridgehead atoms. The highest BCUT2D eigenvalue weighted by molar-refractivity contribution is 6.30. The molecule has 0 aliphatic heterocycles. The molecular weight excluding hydrogens is 186 g/mol. The first kappa shape index (κ1) is 8.26. The van der Waals surface area contributed by atoms with Crippen LogP contribution < -0.4 is 0 Å². The zero-order chi connectivity index (χ0) is 9.26. The molecule has 1 heterocycles. The zero-order valence-electron chi connectivity index (χ0n) is 7.11. The molecule has 0 amide bonds. The van der Waals surface area contributed by atoms with Crippen molar-refractivity contribution in [3.8, 4) is 0 Å². The van der Waals surface area contributed by atoms with Crippen molar-refractivity contribution < 1.29 is 0 Å². The lowest BCUT2D eigenvalue weighted by Crippen LogP contribution is -1.88. The summed E-state index contributed by atoms with van der Waals surface area (Å²) in [6.45, 7) is 1.80. The SMILES string of the molecule is C/C(Cl)=C/n1nnc2ccccc21. The van der Waals surface area contributed by atoms with Crippen molar-refractivity contribution in [3.05, 3.63) is 29.3 Å². The summed E-state index contributed by atoms with van der Waals surface area (Å²) in [6, 6.07) is 7.74. The Hall–Kier alpha value is -1.35.